The number of aromatic nitrogens is 2. The second-order valence-electron chi connectivity index (χ2n) is 4.16. The summed E-state index contributed by atoms with van der Waals surface area (Å²) in [5.74, 6) is 1.26. The van der Waals surface area contributed by atoms with Gasteiger partial charge in [0.2, 0.25) is 11.7 Å². The average molecular weight is 250 g/mol. The number of nitrogens with zero attached hydrogens (tertiary/aromatic N) is 2. The second-order valence-corrected chi connectivity index (χ2v) is 4.57. The Balaban J connectivity index is 1.97. The van der Waals surface area contributed by atoms with E-state index in [4.69, 9.17) is 16.1 Å². The summed E-state index contributed by atoms with van der Waals surface area (Å²) in [6.45, 7) is 2.97. The Labute approximate surface area is 104 Å². The van der Waals surface area contributed by atoms with Crippen LogP contribution < -0.4 is 5.32 Å². The fourth-order valence-electron chi connectivity index (χ4n) is 1.84. The highest BCUT2D eigenvalue weighted by Crippen LogP contribution is 2.28. The van der Waals surface area contributed by atoms with Crippen LogP contribution in [-0.4, -0.2) is 16.7 Å². The van der Waals surface area contributed by atoms with Crippen molar-refractivity contribution in [2.45, 2.75) is 19.4 Å². The van der Waals surface area contributed by atoms with Gasteiger partial charge in [0.25, 0.3) is 0 Å². The van der Waals surface area contributed by atoms with Gasteiger partial charge in [-0.3, -0.25) is 0 Å². The van der Waals surface area contributed by atoms with Gasteiger partial charge in [-0.2, -0.15) is 4.98 Å². The van der Waals surface area contributed by atoms with Crippen molar-refractivity contribution in [1.29, 1.82) is 0 Å². The zero-order valence-electron chi connectivity index (χ0n) is 9.40. The van der Waals surface area contributed by atoms with Crippen molar-refractivity contribution in [3.05, 3.63) is 34.7 Å². The maximum absolute atomic E-state index is 6.07. The van der Waals surface area contributed by atoms with Crippen LogP contribution >= 0.6 is 11.6 Å². The molecule has 1 fully saturated rings. The van der Waals surface area contributed by atoms with Crippen LogP contribution in [0.25, 0.3) is 11.4 Å². The molecule has 0 aliphatic carbocycles. The molecule has 4 nitrogen and oxygen atoms in total. The maximum Gasteiger partial charge on any atom is 0.244 e. The molecule has 17 heavy (non-hydrogen) atoms. The Kier molecular flexibility index (Phi) is 2.61. The quantitative estimate of drug-likeness (QED) is 0.889. The largest absolute Gasteiger partial charge is 0.337 e. The predicted molar refractivity (Wildman–Crippen MR) is 64.8 cm³/mol. The summed E-state index contributed by atoms with van der Waals surface area (Å²) in [4.78, 5) is 4.41. The molecule has 1 aliphatic heterocycles. The molecular weight excluding hydrogens is 238 g/mol. The molecule has 2 heterocycles. The lowest BCUT2D eigenvalue weighted by molar-refractivity contribution is 0.273. The first-order valence-corrected chi connectivity index (χ1v) is 5.96. The number of benzene rings is 1. The van der Waals surface area contributed by atoms with Crippen molar-refractivity contribution in [3.63, 3.8) is 0 Å². The minimum atomic E-state index is 0.218. The molecule has 0 spiro atoms. The molecule has 2 aromatic rings. The topological polar surface area (TPSA) is 51.0 Å². The fraction of sp³-hybridized carbons (Fsp3) is 0.333. The normalized spacial score (nSPS) is 19.1. The highest BCUT2D eigenvalue weighted by Gasteiger charge is 2.25. The van der Waals surface area contributed by atoms with Crippen LogP contribution in [0.1, 0.15) is 23.9 Å². The molecule has 1 aromatic carbocycles. The first kappa shape index (κ1) is 10.7. The van der Waals surface area contributed by atoms with Crippen LogP contribution in [0.4, 0.5) is 0 Å². The van der Waals surface area contributed by atoms with Crippen molar-refractivity contribution in [2.75, 3.05) is 6.54 Å². The fourth-order valence-corrected chi connectivity index (χ4v) is 2.01. The molecule has 1 N–H and O–H groups in total. The minimum absolute atomic E-state index is 0.218. The Bertz CT molecular complexity index is 548. The van der Waals surface area contributed by atoms with Crippen LogP contribution in [0.15, 0.2) is 22.7 Å². The first-order chi connectivity index (χ1) is 8.25. The molecule has 0 saturated carbocycles. The number of halogens is 1. The lowest BCUT2D eigenvalue weighted by Crippen LogP contribution is -2.35. The summed E-state index contributed by atoms with van der Waals surface area (Å²) in [6.07, 6.45) is 1.05. The maximum atomic E-state index is 6.07. The van der Waals surface area contributed by atoms with Gasteiger partial charge in [-0.15, -0.1) is 0 Å². The van der Waals surface area contributed by atoms with Crippen LogP contribution in [0.3, 0.4) is 0 Å². The Morgan fingerprint density at radius 1 is 1.47 bits per heavy atom. The Morgan fingerprint density at radius 2 is 2.29 bits per heavy atom. The van der Waals surface area contributed by atoms with Gasteiger partial charge in [-0.1, -0.05) is 28.9 Å². The zero-order chi connectivity index (χ0) is 11.8. The van der Waals surface area contributed by atoms with Gasteiger partial charge in [0.1, 0.15) is 0 Å². The van der Waals surface area contributed by atoms with E-state index in [0.29, 0.717) is 11.7 Å². The molecule has 3 rings (SSSR count). The molecule has 1 atom stereocenters. The minimum Gasteiger partial charge on any atom is -0.337 e. The van der Waals surface area contributed by atoms with Crippen molar-refractivity contribution in [3.8, 4) is 11.4 Å². The van der Waals surface area contributed by atoms with Crippen LogP contribution in [0.2, 0.25) is 5.02 Å². The SMILES string of the molecule is Cc1c(Cl)cccc1-c1noc([C@@H]2CCN2)n1. The van der Waals surface area contributed by atoms with Crippen molar-refractivity contribution in [1.82, 2.24) is 15.5 Å². The van der Waals surface area contributed by atoms with Gasteiger partial charge in [0.05, 0.1) is 6.04 Å². The lowest BCUT2D eigenvalue weighted by Gasteiger charge is -2.23. The molecule has 0 amide bonds. The molecule has 1 saturated heterocycles. The molecule has 1 aliphatic rings. The van der Waals surface area contributed by atoms with E-state index in [1.165, 1.54) is 0 Å². The zero-order valence-corrected chi connectivity index (χ0v) is 10.2. The summed E-state index contributed by atoms with van der Waals surface area (Å²) < 4.78 is 5.25. The Hall–Kier alpha value is -1.39. The molecule has 5 heteroatoms. The number of hydrogen-bond donors (Lipinski definition) is 1. The third kappa shape index (κ3) is 1.83. The third-order valence-corrected chi connectivity index (χ3v) is 3.48. The van der Waals surface area contributed by atoms with Gasteiger partial charge in [-0.05, 0) is 31.5 Å². The molecule has 0 unspecified atom stereocenters. The van der Waals surface area contributed by atoms with Gasteiger partial charge in [-0.25, -0.2) is 0 Å². The molecule has 88 valence electrons. The van der Waals surface area contributed by atoms with E-state index >= 15 is 0 Å². The summed E-state index contributed by atoms with van der Waals surface area (Å²) >= 11 is 6.07. The Morgan fingerprint density at radius 3 is 3.00 bits per heavy atom. The highest BCUT2D eigenvalue weighted by atomic mass is 35.5. The van der Waals surface area contributed by atoms with E-state index in [0.717, 1.165) is 29.1 Å². The molecular formula is C12H12ClN3O. The van der Waals surface area contributed by atoms with Crippen molar-refractivity contribution in [2.24, 2.45) is 0 Å². The van der Waals surface area contributed by atoms with E-state index in [2.05, 4.69) is 15.5 Å². The van der Waals surface area contributed by atoms with Gasteiger partial charge in [0.15, 0.2) is 0 Å². The van der Waals surface area contributed by atoms with Crippen molar-refractivity contribution >= 4 is 11.6 Å². The monoisotopic (exact) mass is 249 g/mol. The molecule has 0 bridgehead atoms. The smallest absolute Gasteiger partial charge is 0.244 e. The number of hydrogen-bond acceptors (Lipinski definition) is 4. The predicted octanol–water partition coefficient (Wildman–Crippen LogP) is 2.73. The highest BCUT2D eigenvalue weighted by molar-refractivity contribution is 6.31. The first-order valence-electron chi connectivity index (χ1n) is 5.58. The number of nitrogens with one attached hydrogen (secondary N) is 1. The number of rotatable bonds is 2. The van der Waals surface area contributed by atoms with E-state index in [1.807, 2.05) is 25.1 Å². The van der Waals surface area contributed by atoms with Crippen molar-refractivity contribution < 1.29 is 4.52 Å². The van der Waals surface area contributed by atoms with Crippen LogP contribution in [0, 0.1) is 6.92 Å². The van der Waals surface area contributed by atoms with Gasteiger partial charge in [0, 0.05) is 10.6 Å². The van der Waals surface area contributed by atoms with E-state index < -0.39 is 0 Å². The van der Waals surface area contributed by atoms with E-state index in [-0.39, 0.29) is 6.04 Å². The average Bonchev–Trinajstić information content (AvgIpc) is 2.68. The summed E-state index contributed by atoms with van der Waals surface area (Å²) in [7, 11) is 0. The van der Waals surface area contributed by atoms with E-state index in [1.54, 1.807) is 0 Å². The lowest BCUT2D eigenvalue weighted by atomic mass is 10.1. The molecule has 0 radical (unpaired) electrons. The van der Waals surface area contributed by atoms with E-state index in [9.17, 15) is 0 Å². The molecule has 1 aromatic heterocycles. The standard InChI is InChI=1S/C12H12ClN3O/c1-7-8(3-2-4-9(7)13)11-15-12(17-16-11)10-5-6-14-10/h2-4,10,14H,5-6H2,1H3/t10-/m0/s1. The second kappa shape index (κ2) is 4.13. The summed E-state index contributed by atoms with van der Waals surface area (Å²) in [5.41, 5.74) is 1.90. The van der Waals surface area contributed by atoms with Gasteiger partial charge >= 0.3 is 0 Å². The summed E-state index contributed by atoms with van der Waals surface area (Å²) in [6, 6.07) is 5.91. The summed E-state index contributed by atoms with van der Waals surface area (Å²) in [5, 5.41) is 7.95. The van der Waals surface area contributed by atoms with Gasteiger partial charge < -0.3 is 9.84 Å². The third-order valence-electron chi connectivity index (χ3n) is 3.07. The van der Waals surface area contributed by atoms with Crippen LogP contribution in [0.5, 0.6) is 0 Å². The van der Waals surface area contributed by atoms with Crippen LogP contribution in [-0.2, 0) is 0 Å².